The highest BCUT2D eigenvalue weighted by molar-refractivity contribution is 6.03. The number of carbonyl (C=O) groups excluding carboxylic acids is 2. The SMILES string of the molecule is COC(=O)c1ccccc1C(=O)OC.O=C(O)C=CC(=O)O. The second kappa shape index (κ2) is 9.70. The average Bonchev–Trinajstić information content (AvgIpc) is 2.52. The van der Waals surface area contributed by atoms with E-state index >= 15 is 0 Å². The number of rotatable bonds is 4. The smallest absolute Gasteiger partial charge is 0.338 e. The van der Waals surface area contributed by atoms with Crippen LogP contribution in [0.2, 0.25) is 0 Å². The second-order valence-corrected chi connectivity index (χ2v) is 3.54. The van der Waals surface area contributed by atoms with Crippen molar-refractivity contribution < 1.29 is 38.9 Å². The summed E-state index contributed by atoms with van der Waals surface area (Å²) in [5.41, 5.74) is 0.420. The summed E-state index contributed by atoms with van der Waals surface area (Å²) >= 11 is 0. The molecule has 8 nitrogen and oxygen atoms in total. The summed E-state index contributed by atoms with van der Waals surface area (Å²) in [4.78, 5) is 41.6. The number of carboxylic acids is 2. The third-order valence-corrected chi connectivity index (χ3v) is 2.11. The molecule has 0 spiro atoms. The van der Waals surface area contributed by atoms with E-state index in [4.69, 9.17) is 10.2 Å². The molecule has 0 atom stereocenters. The van der Waals surface area contributed by atoms with Crippen molar-refractivity contribution in [3.63, 3.8) is 0 Å². The number of benzene rings is 1. The van der Waals surface area contributed by atoms with Crippen LogP contribution in [0.4, 0.5) is 0 Å². The fourth-order valence-electron chi connectivity index (χ4n) is 1.20. The Balaban J connectivity index is 0.000000472. The van der Waals surface area contributed by atoms with Gasteiger partial charge in [0.1, 0.15) is 0 Å². The van der Waals surface area contributed by atoms with Gasteiger partial charge >= 0.3 is 23.9 Å². The van der Waals surface area contributed by atoms with Gasteiger partial charge in [0.05, 0.1) is 25.3 Å². The molecule has 0 aliphatic rings. The Labute approximate surface area is 125 Å². The van der Waals surface area contributed by atoms with Crippen molar-refractivity contribution in [3.05, 3.63) is 47.5 Å². The van der Waals surface area contributed by atoms with Crippen LogP contribution in [0.5, 0.6) is 0 Å². The van der Waals surface area contributed by atoms with Crippen molar-refractivity contribution in [1.82, 2.24) is 0 Å². The van der Waals surface area contributed by atoms with Crippen molar-refractivity contribution in [2.75, 3.05) is 14.2 Å². The van der Waals surface area contributed by atoms with Crippen LogP contribution in [0.3, 0.4) is 0 Å². The van der Waals surface area contributed by atoms with Gasteiger partial charge in [0.15, 0.2) is 0 Å². The second-order valence-electron chi connectivity index (χ2n) is 3.54. The Kier molecular flexibility index (Phi) is 8.31. The first-order valence-corrected chi connectivity index (χ1v) is 5.73. The lowest BCUT2D eigenvalue weighted by molar-refractivity contribution is -0.134. The van der Waals surface area contributed by atoms with E-state index in [2.05, 4.69) is 9.47 Å². The predicted octanol–water partition coefficient (Wildman–Crippen LogP) is 0.972. The highest BCUT2D eigenvalue weighted by atomic mass is 16.5. The van der Waals surface area contributed by atoms with Crippen LogP contribution >= 0.6 is 0 Å². The summed E-state index contributed by atoms with van der Waals surface area (Å²) in [5.74, 6) is -3.61. The summed E-state index contributed by atoms with van der Waals surface area (Å²) in [6.45, 7) is 0. The van der Waals surface area contributed by atoms with Gasteiger partial charge in [0, 0.05) is 12.2 Å². The normalized spacial score (nSPS) is 9.36. The van der Waals surface area contributed by atoms with Gasteiger partial charge in [-0.15, -0.1) is 0 Å². The molecular weight excluding hydrogens is 296 g/mol. The van der Waals surface area contributed by atoms with Gasteiger partial charge in [0.2, 0.25) is 0 Å². The highest BCUT2D eigenvalue weighted by Gasteiger charge is 2.16. The zero-order valence-corrected chi connectivity index (χ0v) is 11.8. The number of hydrogen-bond acceptors (Lipinski definition) is 6. The monoisotopic (exact) mass is 310 g/mol. The predicted molar refractivity (Wildman–Crippen MR) is 73.5 cm³/mol. The van der Waals surface area contributed by atoms with E-state index < -0.39 is 23.9 Å². The summed E-state index contributed by atoms with van der Waals surface area (Å²) in [6.07, 6.45) is 1.12. The van der Waals surface area contributed by atoms with E-state index in [0.29, 0.717) is 12.2 Å². The third kappa shape index (κ3) is 6.85. The largest absolute Gasteiger partial charge is 0.478 e. The van der Waals surface area contributed by atoms with Crippen LogP contribution in [-0.2, 0) is 19.1 Å². The summed E-state index contributed by atoms with van der Waals surface area (Å²) in [5, 5.41) is 15.6. The van der Waals surface area contributed by atoms with Crippen LogP contribution in [0.1, 0.15) is 20.7 Å². The maximum absolute atomic E-state index is 11.2. The molecule has 0 heterocycles. The molecule has 0 saturated heterocycles. The van der Waals surface area contributed by atoms with Gasteiger partial charge in [-0.3, -0.25) is 0 Å². The molecule has 0 amide bonds. The lowest BCUT2D eigenvalue weighted by atomic mass is 10.1. The number of hydrogen-bond donors (Lipinski definition) is 2. The van der Waals surface area contributed by atoms with Crippen LogP contribution in [-0.4, -0.2) is 48.3 Å². The minimum absolute atomic E-state index is 0.210. The molecule has 1 rings (SSSR count). The van der Waals surface area contributed by atoms with Crippen LogP contribution in [0.25, 0.3) is 0 Å². The Morgan fingerprint density at radius 3 is 1.36 bits per heavy atom. The number of carboxylic acid groups (broad SMARTS) is 2. The van der Waals surface area contributed by atoms with Gasteiger partial charge in [-0.2, -0.15) is 0 Å². The molecule has 1 aromatic carbocycles. The molecule has 118 valence electrons. The average molecular weight is 310 g/mol. The minimum Gasteiger partial charge on any atom is -0.478 e. The Morgan fingerprint density at radius 1 is 0.818 bits per heavy atom. The standard InChI is InChI=1S/C10H10O4.C4H4O4/c1-13-9(11)7-5-3-4-6-8(7)10(12)14-2;5-3(6)1-2-4(7)8/h3-6H,1-2H3;1-2H,(H,5,6)(H,7,8). The number of aliphatic carboxylic acids is 2. The van der Waals surface area contributed by atoms with Crippen LogP contribution in [0, 0.1) is 0 Å². The molecule has 8 heteroatoms. The van der Waals surface area contributed by atoms with E-state index in [1.54, 1.807) is 12.1 Å². The molecule has 0 unspecified atom stereocenters. The van der Waals surface area contributed by atoms with E-state index in [-0.39, 0.29) is 11.1 Å². The first kappa shape index (κ1) is 18.8. The van der Waals surface area contributed by atoms with Crippen molar-refractivity contribution in [2.45, 2.75) is 0 Å². The van der Waals surface area contributed by atoms with Gasteiger partial charge in [-0.05, 0) is 12.1 Å². The highest BCUT2D eigenvalue weighted by Crippen LogP contribution is 2.10. The molecule has 0 bridgehead atoms. The number of esters is 2. The Hall–Kier alpha value is -3.16. The molecule has 22 heavy (non-hydrogen) atoms. The van der Waals surface area contributed by atoms with E-state index in [0.717, 1.165) is 0 Å². The van der Waals surface area contributed by atoms with Gasteiger partial charge in [0.25, 0.3) is 0 Å². The zero-order chi connectivity index (χ0) is 17.1. The lowest BCUT2D eigenvalue weighted by Gasteiger charge is -2.04. The summed E-state index contributed by atoms with van der Waals surface area (Å²) < 4.78 is 9.05. The number of ether oxygens (including phenoxy) is 2. The zero-order valence-electron chi connectivity index (χ0n) is 11.8. The lowest BCUT2D eigenvalue weighted by Crippen LogP contribution is -2.11. The first-order chi connectivity index (χ1) is 10.3. The summed E-state index contributed by atoms with van der Waals surface area (Å²) in [6, 6.07) is 6.33. The van der Waals surface area contributed by atoms with E-state index in [1.807, 2.05) is 0 Å². The molecule has 0 aliphatic heterocycles. The van der Waals surface area contributed by atoms with Gasteiger partial charge in [-0.25, -0.2) is 19.2 Å². The van der Waals surface area contributed by atoms with Crippen molar-refractivity contribution >= 4 is 23.9 Å². The molecule has 0 aliphatic carbocycles. The number of carbonyl (C=O) groups is 4. The van der Waals surface area contributed by atoms with Crippen molar-refractivity contribution in [2.24, 2.45) is 0 Å². The fourth-order valence-corrected chi connectivity index (χ4v) is 1.20. The molecule has 0 fully saturated rings. The molecule has 1 aromatic rings. The van der Waals surface area contributed by atoms with Crippen LogP contribution in [0.15, 0.2) is 36.4 Å². The summed E-state index contributed by atoms with van der Waals surface area (Å²) in [7, 11) is 2.52. The minimum atomic E-state index is -1.26. The fraction of sp³-hybridized carbons (Fsp3) is 0.143. The quantitative estimate of drug-likeness (QED) is 0.622. The molecule has 0 aromatic heterocycles. The molecule has 0 radical (unpaired) electrons. The maximum Gasteiger partial charge on any atom is 0.338 e. The maximum atomic E-state index is 11.2. The van der Waals surface area contributed by atoms with E-state index in [1.165, 1.54) is 26.4 Å². The molecule has 0 saturated carbocycles. The van der Waals surface area contributed by atoms with E-state index in [9.17, 15) is 19.2 Å². The topological polar surface area (TPSA) is 127 Å². The van der Waals surface area contributed by atoms with Gasteiger partial charge < -0.3 is 19.7 Å². The van der Waals surface area contributed by atoms with Gasteiger partial charge in [-0.1, -0.05) is 12.1 Å². The van der Waals surface area contributed by atoms with Crippen molar-refractivity contribution in [1.29, 1.82) is 0 Å². The first-order valence-electron chi connectivity index (χ1n) is 5.73. The molecular formula is C14H14O8. The van der Waals surface area contributed by atoms with Crippen molar-refractivity contribution in [3.8, 4) is 0 Å². The third-order valence-electron chi connectivity index (χ3n) is 2.11. The number of methoxy groups -OCH3 is 2. The Morgan fingerprint density at radius 2 is 1.14 bits per heavy atom. The molecule has 2 N–H and O–H groups in total. The van der Waals surface area contributed by atoms with Crippen LogP contribution < -0.4 is 0 Å². The Bertz CT molecular complexity index is 537.